The number of rotatable bonds is 2. The minimum atomic E-state index is -1.79. The normalized spacial score (nSPS) is 17.4. The summed E-state index contributed by atoms with van der Waals surface area (Å²) in [6.45, 7) is 0. The first-order chi connectivity index (χ1) is 8.21. The smallest absolute Gasteiger partial charge is 1.00 e. The Bertz CT molecular complexity index is 371. The molecule has 0 saturated carbocycles. The van der Waals surface area contributed by atoms with Crippen LogP contribution in [0.1, 0.15) is 15.7 Å². The third kappa shape index (κ3) is 7.91. The van der Waals surface area contributed by atoms with E-state index in [4.69, 9.17) is 0 Å². The predicted octanol–water partition coefficient (Wildman–Crippen LogP) is 5.33. The molecule has 19 heavy (non-hydrogen) atoms. The van der Waals surface area contributed by atoms with Crippen molar-refractivity contribution in [2.24, 2.45) is 0 Å². The molecule has 0 amide bonds. The number of hydrogen-bond donors (Lipinski definition) is 0. The van der Waals surface area contributed by atoms with Gasteiger partial charge in [-0.05, 0) is 0 Å². The molecule has 0 N–H and O–H groups in total. The summed E-state index contributed by atoms with van der Waals surface area (Å²) in [5, 5.41) is 0. The molecule has 0 aromatic carbocycles. The van der Waals surface area contributed by atoms with Crippen molar-refractivity contribution in [3.63, 3.8) is 0 Å². The van der Waals surface area contributed by atoms with Crippen LogP contribution in [0.3, 0.4) is 0 Å². The monoisotopic (exact) mass is 684 g/mol. The molecule has 106 valence electrons. The molecule has 0 nitrogen and oxygen atoms in total. The molecule has 0 aromatic rings. The largest absolute Gasteiger partial charge is 2.00 e. The van der Waals surface area contributed by atoms with E-state index >= 15 is 0 Å². The molecule has 0 saturated heterocycles. The maximum Gasteiger partial charge on any atom is 2.00 e. The molecule has 0 heterocycles. The van der Waals surface area contributed by atoms with E-state index in [0.29, 0.717) is 0 Å². The maximum absolute atomic E-state index is 3.40. The van der Waals surface area contributed by atoms with Crippen LogP contribution in [0.2, 0.25) is 26.9 Å². The Morgan fingerprint density at radius 2 is 1.11 bits per heavy atom. The molecule has 0 spiro atoms. The molecule has 0 aromatic heterocycles. The van der Waals surface area contributed by atoms with Gasteiger partial charge in [-0.1, -0.05) is 0 Å². The van der Waals surface area contributed by atoms with Gasteiger partial charge in [0.25, 0.3) is 0 Å². The van der Waals surface area contributed by atoms with Crippen molar-refractivity contribution in [2.75, 3.05) is 0 Å². The molecule has 0 bridgehead atoms. The number of hydrogen-bond acceptors (Lipinski definition) is 0. The molecule has 2 aliphatic carbocycles. The third-order valence-electron chi connectivity index (χ3n) is 3.01. The molecule has 0 radical (unpaired) electrons. The Kier molecular flexibility index (Phi) is 9.55. The Balaban J connectivity index is -0.000000270. The van der Waals surface area contributed by atoms with Crippen LogP contribution >= 0.6 is 0 Å². The van der Waals surface area contributed by atoms with Gasteiger partial charge in [-0.2, -0.15) is 0 Å². The van der Waals surface area contributed by atoms with Crippen molar-refractivity contribution in [3.05, 3.63) is 42.7 Å². The van der Waals surface area contributed by atoms with E-state index in [1.807, 2.05) is 0 Å². The van der Waals surface area contributed by atoms with Crippen molar-refractivity contribution in [3.8, 4) is 0 Å². The Hall–Kier alpha value is 1.52. The standard InChI is InChI=1S/2C5H4.6CH3.2Pb.Ti.2H/c2*1-2-4-5-3-1;;;;;;;;;;;/h2*1-2H,3H2;6*1H3;;;;;/q2*-1;;;;;;;;;+2;2*-1. The zero-order chi connectivity index (χ0) is 13.8. The molecule has 2 aliphatic rings. The summed E-state index contributed by atoms with van der Waals surface area (Å²) in [5.41, 5.74) is 0. The second-order valence-corrected chi connectivity index (χ2v) is 46.1. The summed E-state index contributed by atoms with van der Waals surface area (Å²) >= 11 is -3.58. The number of allylic oxidation sites excluding steroid dienone is 8. The van der Waals surface area contributed by atoms with E-state index in [-0.39, 0.29) is 24.6 Å². The van der Waals surface area contributed by atoms with Gasteiger partial charge in [0.1, 0.15) is 0 Å². The van der Waals surface area contributed by atoms with Gasteiger partial charge in [-0.25, -0.2) is 0 Å². The minimum absolute atomic E-state index is 0. The molecule has 3 heteroatoms. The second-order valence-electron chi connectivity index (χ2n) is 6.89. The zero-order valence-electron chi connectivity index (χ0n) is 15.2. The zero-order valence-corrected chi connectivity index (χ0v) is 22.6. The fourth-order valence-electron chi connectivity index (χ4n) is 1.84. The van der Waals surface area contributed by atoms with E-state index in [0.717, 1.165) is 12.8 Å². The fourth-order valence-corrected chi connectivity index (χ4v) is 11.6. The summed E-state index contributed by atoms with van der Waals surface area (Å²) in [7, 11) is 0. The van der Waals surface area contributed by atoms with Crippen LogP contribution in [0.15, 0.2) is 30.6 Å². The summed E-state index contributed by atoms with van der Waals surface area (Å²) in [4.78, 5) is 0. The van der Waals surface area contributed by atoms with E-state index < -0.39 is 42.3 Å². The first-order valence-corrected chi connectivity index (χ1v) is 34.0. The quantitative estimate of drug-likeness (QED) is 0.273. The summed E-state index contributed by atoms with van der Waals surface area (Å²) in [5.74, 6) is 0. The van der Waals surface area contributed by atoms with Crippen LogP contribution in [-0.4, -0.2) is 42.3 Å². The second kappa shape index (κ2) is 8.84. The van der Waals surface area contributed by atoms with Gasteiger partial charge >= 0.3 is 147 Å². The van der Waals surface area contributed by atoms with Gasteiger partial charge < -0.3 is 2.85 Å². The Morgan fingerprint density at radius 3 is 1.21 bits per heavy atom. The van der Waals surface area contributed by atoms with Gasteiger partial charge in [0, 0.05) is 0 Å². The van der Waals surface area contributed by atoms with Gasteiger partial charge in [0.15, 0.2) is 0 Å². The van der Waals surface area contributed by atoms with Crippen LogP contribution in [0.25, 0.3) is 0 Å². The maximum atomic E-state index is 3.40. The van der Waals surface area contributed by atoms with Crippen LogP contribution in [0.5, 0.6) is 0 Å². The van der Waals surface area contributed by atoms with Crippen molar-refractivity contribution in [1.29, 1.82) is 0 Å². The average molecular weight is 683 g/mol. The first kappa shape index (κ1) is 20.5. The molecule has 0 fully saturated rings. The molecular formula is C16H28Pb2Ti-2. The molecule has 0 atom stereocenters. The fraction of sp³-hybridized carbons (Fsp3) is 0.500. The van der Waals surface area contributed by atoms with Gasteiger partial charge in [0.05, 0.1) is 0 Å². The van der Waals surface area contributed by atoms with Crippen LogP contribution in [-0.2, 0) is 21.7 Å². The average Bonchev–Trinajstić information content (AvgIpc) is 2.91. The molecule has 0 aliphatic heterocycles. The van der Waals surface area contributed by atoms with Crippen molar-refractivity contribution < 1.29 is 24.6 Å². The van der Waals surface area contributed by atoms with Crippen LogP contribution < -0.4 is 0 Å². The van der Waals surface area contributed by atoms with E-state index in [2.05, 4.69) is 63.4 Å². The third-order valence-corrected chi connectivity index (χ3v) is 18.2. The van der Waals surface area contributed by atoms with Gasteiger partial charge in [-0.3, -0.25) is 0 Å². The SMILES string of the molecule is [CH3][Pb]([CH3])([CH3])[C]1=[C-]CC=C1.[CH3][Pb]([CH3])([CH3])[C]1=[C-]CC=C1.[H-].[H-].[Ti+2]. The molecular weight excluding hydrogens is 654 g/mol. The van der Waals surface area contributed by atoms with E-state index in [1.54, 1.807) is 6.26 Å². The van der Waals surface area contributed by atoms with Crippen molar-refractivity contribution in [1.82, 2.24) is 0 Å². The van der Waals surface area contributed by atoms with Gasteiger partial charge in [-0.15, -0.1) is 0 Å². The summed E-state index contributed by atoms with van der Waals surface area (Å²) < 4.78 is 17.8. The summed E-state index contributed by atoms with van der Waals surface area (Å²) in [6.07, 6.45) is 17.9. The van der Waals surface area contributed by atoms with Crippen molar-refractivity contribution in [2.45, 2.75) is 39.7 Å². The minimum Gasteiger partial charge on any atom is -1.00 e. The van der Waals surface area contributed by atoms with E-state index in [9.17, 15) is 0 Å². The van der Waals surface area contributed by atoms with Gasteiger partial charge in [0.2, 0.25) is 0 Å². The van der Waals surface area contributed by atoms with Crippen LogP contribution in [0.4, 0.5) is 0 Å². The Morgan fingerprint density at radius 1 is 0.789 bits per heavy atom. The van der Waals surface area contributed by atoms with Crippen molar-refractivity contribution >= 4 is 42.3 Å². The Labute approximate surface area is 147 Å². The predicted molar refractivity (Wildman–Crippen MR) is 89.9 cm³/mol. The first-order valence-electron chi connectivity index (χ1n) is 6.77. The van der Waals surface area contributed by atoms with Crippen LogP contribution in [0, 0.1) is 12.2 Å². The van der Waals surface area contributed by atoms with E-state index in [1.165, 1.54) is 0 Å². The summed E-state index contributed by atoms with van der Waals surface area (Å²) in [6, 6.07) is 0. The topological polar surface area (TPSA) is 0 Å². The molecule has 0 unspecified atom stereocenters. The molecule has 2 rings (SSSR count).